The fourth-order valence-corrected chi connectivity index (χ4v) is 2.78. The highest BCUT2D eigenvalue weighted by atomic mass is 79.9. The fraction of sp³-hybridized carbons (Fsp3) is 0.286. The normalized spacial score (nSPS) is 11.8. The zero-order valence-electron chi connectivity index (χ0n) is 11.5. The third-order valence-electron chi connectivity index (χ3n) is 2.87. The molecule has 21 heavy (non-hydrogen) atoms. The quantitative estimate of drug-likeness (QED) is 0.541. The van der Waals surface area contributed by atoms with Gasteiger partial charge in [0.1, 0.15) is 10.5 Å². The van der Waals surface area contributed by atoms with Gasteiger partial charge in [-0.25, -0.2) is 18.2 Å². The first-order chi connectivity index (χ1) is 9.61. The van der Waals surface area contributed by atoms with Crippen LogP contribution in [0.3, 0.4) is 0 Å². The van der Waals surface area contributed by atoms with E-state index in [9.17, 15) is 13.2 Å². The van der Waals surface area contributed by atoms with Crippen LogP contribution in [0.2, 0.25) is 0 Å². The van der Waals surface area contributed by atoms with Gasteiger partial charge in [0.15, 0.2) is 17.5 Å². The Morgan fingerprint density at radius 1 is 1.14 bits per heavy atom. The molecule has 7 heteroatoms. The molecule has 0 unspecified atom stereocenters. The van der Waals surface area contributed by atoms with Gasteiger partial charge >= 0.3 is 0 Å². The summed E-state index contributed by atoms with van der Waals surface area (Å²) in [5.74, 6) is -3.87. The minimum atomic E-state index is -1.51. The molecule has 0 bridgehead atoms. The zero-order chi connectivity index (χ0) is 15.9. The van der Waals surface area contributed by atoms with Crippen LogP contribution >= 0.6 is 28.1 Å². The van der Waals surface area contributed by atoms with E-state index >= 15 is 0 Å². The molecule has 0 amide bonds. The molecule has 1 aromatic heterocycles. The van der Waals surface area contributed by atoms with Crippen LogP contribution in [0.4, 0.5) is 13.2 Å². The summed E-state index contributed by atoms with van der Waals surface area (Å²) in [6, 6.07) is 1.76. The highest BCUT2D eigenvalue weighted by molar-refractivity contribution is 9.10. The number of aromatic amines is 1. The Kier molecular flexibility index (Phi) is 4.26. The molecule has 2 aromatic rings. The van der Waals surface area contributed by atoms with Gasteiger partial charge in [-0.15, -0.1) is 0 Å². The number of nitrogens with zero attached hydrogens (tertiary/aromatic N) is 1. The van der Waals surface area contributed by atoms with E-state index in [1.165, 1.54) is 0 Å². The van der Waals surface area contributed by atoms with Crippen LogP contribution < -0.4 is 0 Å². The SMILES string of the molecule is CC(C)(C)c1[nH]c(-c2cc(F)c(F)c(F)c2)nc(=S)c1Br. The van der Waals surface area contributed by atoms with Crippen LogP contribution in [0, 0.1) is 22.1 Å². The summed E-state index contributed by atoms with van der Waals surface area (Å²) in [5.41, 5.74) is 0.541. The third kappa shape index (κ3) is 3.18. The number of hydrogen-bond acceptors (Lipinski definition) is 2. The molecule has 0 aliphatic carbocycles. The van der Waals surface area contributed by atoms with Gasteiger partial charge in [0.25, 0.3) is 0 Å². The van der Waals surface area contributed by atoms with Crippen molar-refractivity contribution in [3.63, 3.8) is 0 Å². The summed E-state index contributed by atoms with van der Waals surface area (Å²) in [6.07, 6.45) is 0. The van der Waals surface area contributed by atoms with Crippen molar-refractivity contribution >= 4 is 28.1 Å². The second-order valence-electron chi connectivity index (χ2n) is 5.58. The van der Waals surface area contributed by atoms with E-state index in [4.69, 9.17) is 12.2 Å². The summed E-state index contributed by atoms with van der Waals surface area (Å²) >= 11 is 8.51. The molecule has 0 aliphatic rings. The molecule has 0 saturated heterocycles. The Balaban J connectivity index is 2.71. The van der Waals surface area contributed by atoms with Crippen molar-refractivity contribution < 1.29 is 13.2 Å². The molecule has 1 heterocycles. The van der Waals surface area contributed by atoms with Crippen LogP contribution in [0.15, 0.2) is 16.6 Å². The van der Waals surface area contributed by atoms with Crippen molar-refractivity contribution in [1.29, 1.82) is 0 Å². The van der Waals surface area contributed by atoms with Crippen molar-refractivity contribution in [1.82, 2.24) is 9.97 Å². The number of hydrogen-bond donors (Lipinski definition) is 1. The lowest BCUT2D eigenvalue weighted by atomic mass is 9.92. The van der Waals surface area contributed by atoms with Crippen molar-refractivity contribution in [2.24, 2.45) is 0 Å². The number of halogens is 4. The predicted octanol–water partition coefficient (Wildman–Crippen LogP) is 5.28. The van der Waals surface area contributed by atoms with E-state index in [1.807, 2.05) is 20.8 Å². The molecule has 1 N–H and O–H groups in total. The summed E-state index contributed by atoms with van der Waals surface area (Å²) < 4.78 is 40.6. The van der Waals surface area contributed by atoms with Gasteiger partial charge in [-0.2, -0.15) is 0 Å². The third-order valence-corrected chi connectivity index (χ3v) is 4.20. The minimum Gasteiger partial charge on any atom is -0.342 e. The van der Waals surface area contributed by atoms with Gasteiger partial charge in [-0.05, 0) is 28.1 Å². The van der Waals surface area contributed by atoms with E-state index in [0.717, 1.165) is 17.8 Å². The summed E-state index contributed by atoms with van der Waals surface area (Å²) in [4.78, 5) is 7.09. The monoisotopic (exact) mass is 376 g/mol. The second-order valence-corrected chi connectivity index (χ2v) is 6.76. The number of nitrogens with one attached hydrogen (secondary N) is 1. The first kappa shape index (κ1) is 16.2. The first-order valence-corrected chi connectivity index (χ1v) is 7.26. The van der Waals surface area contributed by atoms with Crippen molar-refractivity contribution in [2.45, 2.75) is 26.2 Å². The van der Waals surface area contributed by atoms with Crippen molar-refractivity contribution in [3.05, 3.63) is 44.4 Å². The van der Waals surface area contributed by atoms with Crippen LogP contribution in [0.25, 0.3) is 11.4 Å². The lowest BCUT2D eigenvalue weighted by Crippen LogP contribution is -2.16. The van der Waals surface area contributed by atoms with E-state index in [-0.39, 0.29) is 21.4 Å². The van der Waals surface area contributed by atoms with E-state index in [0.29, 0.717) is 4.47 Å². The molecule has 0 fully saturated rings. The summed E-state index contributed by atoms with van der Waals surface area (Å²) in [6.45, 7) is 5.86. The largest absolute Gasteiger partial charge is 0.342 e. The highest BCUT2D eigenvalue weighted by Gasteiger charge is 2.21. The molecule has 2 rings (SSSR count). The smallest absolute Gasteiger partial charge is 0.194 e. The van der Waals surface area contributed by atoms with E-state index in [1.54, 1.807) is 0 Å². The predicted molar refractivity (Wildman–Crippen MR) is 81.1 cm³/mol. The molecular weight excluding hydrogens is 365 g/mol. The van der Waals surface area contributed by atoms with Gasteiger partial charge in [0.05, 0.1) is 4.47 Å². The fourth-order valence-electron chi connectivity index (χ4n) is 1.80. The standard InChI is InChI=1S/C14H12BrF3N2S/c1-14(2,3)11-9(15)13(21)20-12(19-11)6-4-7(16)10(18)8(17)5-6/h4-5H,1-3H3,(H,19,20,21). The van der Waals surface area contributed by atoms with Crippen LogP contribution in [0.1, 0.15) is 26.5 Å². The molecule has 1 aromatic carbocycles. The van der Waals surface area contributed by atoms with Crippen LogP contribution in [0.5, 0.6) is 0 Å². The maximum atomic E-state index is 13.3. The number of H-pyrrole nitrogens is 1. The van der Waals surface area contributed by atoms with Gasteiger partial charge in [-0.3, -0.25) is 0 Å². The molecule has 0 spiro atoms. The lowest BCUT2D eigenvalue weighted by molar-refractivity contribution is 0.447. The summed E-state index contributed by atoms with van der Waals surface area (Å²) in [5, 5.41) is 0. The van der Waals surface area contributed by atoms with Crippen LogP contribution in [-0.2, 0) is 5.41 Å². The van der Waals surface area contributed by atoms with Gasteiger partial charge in [0, 0.05) is 16.7 Å². The average Bonchev–Trinajstić information content (AvgIpc) is 2.37. The molecule has 2 nitrogen and oxygen atoms in total. The Morgan fingerprint density at radius 2 is 1.67 bits per heavy atom. The van der Waals surface area contributed by atoms with Gasteiger partial charge < -0.3 is 4.98 Å². The summed E-state index contributed by atoms with van der Waals surface area (Å²) in [7, 11) is 0. The topological polar surface area (TPSA) is 28.7 Å². The second kappa shape index (κ2) is 5.53. The van der Waals surface area contributed by atoms with E-state index in [2.05, 4.69) is 25.9 Å². The van der Waals surface area contributed by atoms with Gasteiger partial charge in [0.2, 0.25) is 0 Å². The van der Waals surface area contributed by atoms with Crippen molar-refractivity contribution in [3.8, 4) is 11.4 Å². The average molecular weight is 377 g/mol. The molecule has 0 radical (unpaired) electrons. The maximum Gasteiger partial charge on any atom is 0.194 e. The molecular formula is C14H12BrF3N2S. The first-order valence-electron chi connectivity index (χ1n) is 6.06. The number of rotatable bonds is 1. The molecule has 0 saturated carbocycles. The number of aromatic nitrogens is 2. The molecule has 112 valence electrons. The zero-order valence-corrected chi connectivity index (χ0v) is 13.9. The lowest BCUT2D eigenvalue weighted by Gasteiger charge is -2.21. The minimum absolute atomic E-state index is 0.0931. The molecule has 0 aliphatic heterocycles. The van der Waals surface area contributed by atoms with E-state index < -0.39 is 17.5 Å². The maximum absolute atomic E-state index is 13.3. The Hall–Kier alpha value is -1.21. The highest BCUT2D eigenvalue weighted by Crippen LogP contribution is 2.31. The Bertz CT molecular complexity index is 743. The Morgan fingerprint density at radius 3 is 2.14 bits per heavy atom. The van der Waals surface area contributed by atoms with Crippen molar-refractivity contribution in [2.75, 3.05) is 0 Å². The Labute approximate surface area is 133 Å². The van der Waals surface area contributed by atoms with Gasteiger partial charge in [-0.1, -0.05) is 33.0 Å². The molecule has 0 atom stereocenters. The van der Waals surface area contributed by atoms with Crippen LogP contribution in [-0.4, -0.2) is 9.97 Å². The number of benzene rings is 1.